The molecule has 1 heterocycles. The van der Waals surface area contributed by atoms with E-state index in [0.717, 1.165) is 0 Å². The van der Waals surface area contributed by atoms with Gasteiger partial charge in [0.2, 0.25) is 11.8 Å². The Kier molecular flexibility index (Phi) is 5.82. The number of rotatable bonds is 6. The number of hydrogen-bond donors (Lipinski definition) is 2. The summed E-state index contributed by atoms with van der Waals surface area (Å²) in [6, 6.07) is -0.622. The van der Waals surface area contributed by atoms with Gasteiger partial charge in [0.15, 0.2) is 5.54 Å². The molecule has 0 saturated carbocycles. The van der Waals surface area contributed by atoms with E-state index in [0.29, 0.717) is 18.1 Å². The van der Waals surface area contributed by atoms with Crippen molar-refractivity contribution in [3.05, 3.63) is 0 Å². The molecule has 2 amide bonds. The summed E-state index contributed by atoms with van der Waals surface area (Å²) >= 11 is 1.48. The topological polar surface area (TPSA) is 95.9 Å². The number of ether oxygens (including phenoxy) is 1. The van der Waals surface area contributed by atoms with Gasteiger partial charge in [-0.1, -0.05) is 6.92 Å². The summed E-state index contributed by atoms with van der Waals surface area (Å²) in [7, 11) is 1.37. The van der Waals surface area contributed by atoms with Crippen LogP contribution in [0.15, 0.2) is 0 Å². The first kappa shape index (κ1) is 16.8. The summed E-state index contributed by atoms with van der Waals surface area (Å²) < 4.78 is 4.85. The summed E-state index contributed by atoms with van der Waals surface area (Å²) in [6.45, 7) is 2.97. The molecule has 1 aliphatic heterocycles. The Bertz CT molecular complexity index is 403. The van der Waals surface area contributed by atoms with Gasteiger partial charge in [0, 0.05) is 19.3 Å². The van der Waals surface area contributed by atoms with E-state index < -0.39 is 23.5 Å². The van der Waals surface area contributed by atoms with Gasteiger partial charge in [-0.25, -0.2) is 4.79 Å². The van der Waals surface area contributed by atoms with Gasteiger partial charge in [-0.3, -0.25) is 9.59 Å². The second kappa shape index (κ2) is 6.94. The van der Waals surface area contributed by atoms with Crippen LogP contribution in [0.3, 0.4) is 0 Å². The number of thioether (sulfide) groups is 1. The van der Waals surface area contributed by atoms with Crippen LogP contribution in [0.25, 0.3) is 0 Å². The number of amides is 2. The fraction of sp³-hybridized carbons (Fsp3) is 0.750. The van der Waals surface area contributed by atoms with Crippen molar-refractivity contribution in [2.45, 2.75) is 31.8 Å². The molecule has 1 rings (SSSR count). The normalized spacial score (nSPS) is 21.4. The van der Waals surface area contributed by atoms with Crippen LogP contribution in [0.5, 0.6) is 0 Å². The molecule has 0 aromatic rings. The monoisotopic (exact) mass is 304 g/mol. The van der Waals surface area contributed by atoms with Crippen LogP contribution >= 0.6 is 11.8 Å². The number of methoxy groups -OCH3 is 1. The third-order valence-electron chi connectivity index (χ3n) is 3.11. The molecule has 2 unspecified atom stereocenters. The third-order valence-corrected chi connectivity index (χ3v) is 4.12. The third kappa shape index (κ3) is 3.63. The number of carboxylic acid groups (broad SMARTS) is 1. The van der Waals surface area contributed by atoms with E-state index in [1.807, 2.05) is 0 Å². The van der Waals surface area contributed by atoms with Crippen molar-refractivity contribution in [3.8, 4) is 0 Å². The minimum Gasteiger partial charge on any atom is -0.479 e. The van der Waals surface area contributed by atoms with Gasteiger partial charge in [-0.05, 0) is 6.92 Å². The maximum Gasteiger partial charge on any atom is 0.331 e. The molecule has 0 bridgehead atoms. The lowest BCUT2D eigenvalue weighted by molar-refractivity contribution is -0.150. The molecule has 0 spiro atoms. The zero-order valence-electron chi connectivity index (χ0n) is 11.8. The molecule has 20 heavy (non-hydrogen) atoms. The molecule has 7 nitrogen and oxygen atoms in total. The quantitative estimate of drug-likeness (QED) is 0.711. The molecule has 1 aliphatic rings. The van der Waals surface area contributed by atoms with Crippen molar-refractivity contribution < 1.29 is 24.2 Å². The van der Waals surface area contributed by atoms with Crippen molar-refractivity contribution in [1.29, 1.82) is 0 Å². The van der Waals surface area contributed by atoms with Crippen molar-refractivity contribution in [2.24, 2.45) is 0 Å². The molecular weight excluding hydrogens is 284 g/mol. The van der Waals surface area contributed by atoms with Crippen LogP contribution in [-0.2, 0) is 19.1 Å². The summed E-state index contributed by atoms with van der Waals surface area (Å²) in [4.78, 5) is 36.7. The van der Waals surface area contributed by atoms with E-state index in [4.69, 9.17) is 4.74 Å². The van der Waals surface area contributed by atoms with Gasteiger partial charge in [0.1, 0.15) is 6.04 Å². The standard InChI is InChI=1S/C12H20N2O5S/c1-4-9(15)14-7-20-5-8(14)10(16)13-12(2,6-19-3)11(17)18/h8H,4-7H2,1-3H3,(H,13,16)(H,17,18). The van der Waals surface area contributed by atoms with E-state index >= 15 is 0 Å². The second-order valence-corrected chi connectivity index (χ2v) is 5.79. The Morgan fingerprint density at radius 3 is 2.65 bits per heavy atom. The average molecular weight is 304 g/mol. The van der Waals surface area contributed by atoms with Crippen LogP contribution in [0, 0.1) is 0 Å². The van der Waals surface area contributed by atoms with Gasteiger partial charge < -0.3 is 20.1 Å². The molecule has 114 valence electrons. The van der Waals surface area contributed by atoms with Crippen LogP contribution < -0.4 is 5.32 Å². The van der Waals surface area contributed by atoms with Gasteiger partial charge in [0.25, 0.3) is 0 Å². The molecule has 1 saturated heterocycles. The minimum atomic E-state index is -1.50. The molecule has 8 heteroatoms. The smallest absolute Gasteiger partial charge is 0.331 e. The maximum absolute atomic E-state index is 12.2. The minimum absolute atomic E-state index is 0.112. The molecule has 0 aromatic carbocycles. The Labute approximate surface area is 122 Å². The van der Waals surface area contributed by atoms with E-state index in [1.165, 1.54) is 30.7 Å². The first-order valence-corrected chi connectivity index (χ1v) is 7.42. The Balaban J connectivity index is 2.78. The van der Waals surface area contributed by atoms with Crippen LogP contribution in [0.2, 0.25) is 0 Å². The predicted molar refractivity (Wildman–Crippen MR) is 74.3 cm³/mol. The average Bonchev–Trinajstić information content (AvgIpc) is 2.87. The zero-order valence-corrected chi connectivity index (χ0v) is 12.7. The summed E-state index contributed by atoms with van der Waals surface area (Å²) in [5.41, 5.74) is -1.50. The Morgan fingerprint density at radius 2 is 2.15 bits per heavy atom. The number of carbonyl (C=O) groups excluding carboxylic acids is 2. The fourth-order valence-electron chi connectivity index (χ4n) is 1.90. The van der Waals surface area contributed by atoms with Crippen LogP contribution in [0.1, 0.15) is 20.3 Å². The highest BCUT2D eigenvalue weighted by Crippen LogP contribution is 2.22. The predicted octanol–water partition coefficient (Wildman–Crippen LogP) is -0.0962. The molecule has 0 radical (unpaired) electrons. The van der Waals surface area contributed by atoms with E-state index in [9.17, 15) is 19.5 Å². The maximum atomic E-state index is 12.2. The van der Waals surface area contributed by atoms with Crippen molar-refractivity contribution in [3.63, 3.8) is 0 Å². The number of hydrogen-bond acceptors (Lipinski definition) is 5. The number of carboxylic acids is 1. The molecule has 2 atom stereocenters. The highest BCUT2D eigenvalue weighted by atomic mass is 32.2. The van der Waals surface area contributed by atoms with Gasteiger partial charge in [0.05, 0.1) is 12.5 Å². The van der Waals surface area contributed by atoms with Crippen LogP contribution in [0.4, 0.5) is 0 Å². The zero-order chi connectivity index (χ0) is 15.3. The van der Waals surface area contributed by atoms with E-state index in [2.05, 4.69) is 5.32 Å². The molecular formula is C12H20N2O5S. The highest BCUT2D eigenvalue weighted by Gasteiger charge is 2.40. The molecule has 0 aromatic heterocycles. The van der Waals surface area contributed by atoms with Gasteiger partial charge in [-0.15, -0.1) is 11.8 Å². The molecule has 1 fully saturated rings. The molecule has 0 aliphatic carbocycles. The summed E-state index contributed by atoms with van der Waals surface area (Å²) in [5.74, 6) is -0.816. The van der Waals surface area contributed by atoms with Gasteiger partial charge in [-0.2, -0.15) is 0 Å². The fourth-order valence-corrected chi connectivity index (χ4v) is 3.08. The SMILES string of the molecule is CCC(=O)N1CSCC1C(=O)NC(C)(COC)C(=O)O. The first-order valence-electron chi connectivity index (χ1n) is 6.27. The lowest BCUT2D eigenvalue weighted by atomic mass is 10.0. The number of nitrogens with zero attached hydrogens (tertiary/aromatic N) is 1. The lowest BCUT2D eigenvalue weighted by Crippen LogP contribution is -2.60. The lowest BCUT2D eigenvalue weighted by Gasteiger charge is -2.29. The second-order valence-electron chi connectivity index (χ2n) is 4.79. The Hall–Kier alpha value is -1.28. The first-order chi connectivity index (χ1) is 9.35. The number of aliphatic carboxylic acids is 1. The van der Waals surface area contributed by atoms with Crippen molar-refractivity contribution in [2.75, 3.05) is 25.3 Å². The summed E-state index contributed by atoms with van der Waals surface area (Å²) in [6.07, 6.45) is 0.318. The summed E-state index contributed by atoms with van der Waals surface area (Å²) in [5, 5.41) is 11.7. The van der Waals surface area contributed by atoms with E-state index in [1.54, 1.807) is 6.92 Å². The molecule has 2 N–H and O–H groups in total. The van der Waals surface area contributed by atoms with Crippen molar-refractivity contribution in [1.82, 2.24) is 10.2 Å². The van der Waals surface area contributed by atoms with Crippen molar-refractivity contribution >= 4 is 29.5 Å². The highest BCUT2D eigenvalue weighted by molar-refractivity contribution is 7.99. The largest absolute Gasteiger partial charge is 0.479 e. The number of nitrogens with one attached hydrogen (secondary N) is 1. The van der Waals surface area contributed by atoms with Gasteiger partial charge >= 0.3 is 5.97 Å². The van der Waals surface area contributed by atoms with Crippen LogP contribution in [-0.4, -0.2) is 64.7 Å². The Morgan fingerprint density at radius 1 is 1.50 bits per heavy atom. The van der Waals surface area contributed by atoms with E-state index in [-0.39, 0.29) is 12.5 Å². The number of carbonyl (C=O) groups is 3.